The monoisotopic (exact) mass is 336 g/mol. The fraction of sp³-hybridized carbons (Fsp3) is 0.250. The second kappa shape index (κ2) is 6.75. The zero-order valence-corrected chi connectivity index (χ0v) is 12.0. The van der Waals surface area contributed by atoms with Crippen molar-refractivity contribution in [2.24, 2.45) is 0 Å². The van der Waals surface area contributed by atoms with Crippen molar-refractivity contribution < 1.29 is 18.7 Å². The van der Waals surface area contributed by atoms with Gasteiger partial charge in [-0.05, 0) is 28.9 Å². The Morgan fingerprint density at radius 2 is 2.22 bits per heavy atom. The molecular formula is C12H11BrClFO3. The molecule has 0 saturated carbocycles. The van der Waals surface area contributed by atoms with E-state index >= 15 is 0 Å². The Morgan fingerprint density at radius 1 is 1.56 bits per heavy atom. The third-order valence-corrected chi connectivity index (χ3v) is 2.84. The van der Waals surface area contributed by atoms with Crippen LogP contribution in [0.4, 0.5) is 4.39 Å². The van der Waals surface area contributed by atoms with Crippen LogP contribution in [0.25, 0.3) is 0 Å². The Balaban J connectivity index is 2.67. The maximum atomic E-state index is 13.3. The highest BCUT2D eigenvalue weighted by Gasteiger charge is 2.12. The van der Waals surface area contributed by atoms with Gasteiger partial charge in [0.2, 0.25) is 0 Å². The second-order valence-corrected chi connectivity index (χ2v) is 4.57. The molecule has 3 nitrogen and oxygen atoms in total. The number of hydrogen-bond acceptors (Lipinski definition) is 3. The van der Waals surface area contributed by atoms with Crippen LogP contribution in [0.15, 0.2) is 28.8 Å². The van der Waals surface area contributed by atoms with Gasteiger partial charge in [-0.2, -0.15) is 0 Å². The van der Waals surface area contributed by atoms with E-state index in [0.717, 1.165) is 6.07 Å². The van der Waals surface area contributed by atoms with E-state index in [2.05, 4.69) is 22.5 Å². The fourth-order valence-electron chi connectivity index (χ4n) is 1.07. The molecule has 0 aromatic heterocycles. The van der Waals surface area contributed by atoms with Gasteiger partial charge in [0.05, 0.1) is 21.7 Å². The molecule has 1 rings (SSSR count). The van der Waals surface area contributed by atoms with Crippen LogP contribution < -0.4 is 4.74 Å². The highest BCUT2D eigenvalue weighted by atomic mass is 79.9. The number of esters is 1. The molecule has 1 aromatic carbocycles. The SMILES string of the molecule is C=C(COc1cc(F)c(Br)cc1Cl)C(=O)OCC. The number of rotatable bonds is 5. The molecule has 0 atom stereocenters. The molecule has 0 bridgehead atoms. The topological polar surface area (TPSA) is 35.5 Å². The Labute approximate surface area is 118 Å². The lowest BCUT2D eigenvalue weighted by molar-refractivity contribution is -0.138. The van der Waals surface area contributed by atoms with E-state index < -0.39 is 11.8 Å². The van der Waals surface area contributed by atoms with Gasteiger partial charge >= 0.3 is 5.97 Å². The molecule has 0 saturated heterocycles. The number of halogens is 3. The molecule has 18 heavy (non-hydrogen) atoms. The van der Waals surface area contributed by atoms with E-state index in [-0.39, 0.29) is 34.0 Å². The van der Waals surface area contributed by atoms with E-state index in [9.17, 15) is 9.18 Å². The lowest BCUT2D eigenvalue weighted by Gasteiger charge is -2.10. The van der Waals surface area contributed by atoms with Crippen LogP contribution in [-0.2, 0) is 9.53 Å². The highest BCUT2D eigenvalue weighted by Crippen LogP contribution is 2.30. The molecule has 6 heteroatoms. The van der Waals surface area contributed by atoms with Gasteiger partial charge in [0.15, 0.2) is 0 Å². The first-order chi connectivity index (χ1) is 8.45. The van der Waals surface area contributed by atoms with Crippen LogP contribution in [0.1, 0.15) is 6.92 Å². The second-order valence-electron chi connectivity index (χ2n) is 3.31. The molecule has 0 N–H and O–H groups in total. The molecule has 0 radical (unpaired) electrons. The van der Waals surface area contributed by atoms with Gasteiger partial charge in [0, 0.05) is 6.07 Å². The van der Waals surface area contributed by atoms with Gasteiger partial charge in [-0.15, -0.1) is 0 Å². The minimum Gasteiger partial charge on any atom is -0.487 e. The summed E-state index contributed by atoms with van der Waals surface area (Å²) in [7, 11) is 0. The summed E-state index contributed by atoms with van der Waals surface area (Å²) in [4.78, 5) is 11.3. The number of ether oxygens (including phenoxy) is 2. The van der Waals surface area contributed by atoms with Crippen LogP contribution in [0.5, 0.6) is 5.75 Å². The first-order valence-corrected chi connectivity index (χ1v) is 6.25. The van der Waals surface area contributed by atoms with Crippen molar-refractivity contribution in [3.8, 4) is 5.75 Å². The van der Waals surface area contributed by atoms with E-state index in [4.69, 9.17) is 21.1 Å². The summed E-state index contributed by atoms with van der Waals surface area (Å²) >= 11 is 8.86. The van der Waals surface area contributed by atoms with Gasteiger partial charge in [-0.1, -0.05) is 18.2 Å². The van der Waals surface area contributed by atoms with Gasteiger partial charge in [-0.25, -0.2) is 9.18 Å². The normalized spacial score (nSPS) is 10.0. The van der Waals surface area contributed by atoms with Gasteiger partial charge < -0.3 is 9.47 Å². The van der Waals surface area contributed by atoms with Crippen molar-refractivity contribution in [2.45, 2.75) is 6.92 Å². The molecule has 0 aliphatic heterocycles. The third kappa shape index (κ3) is 3.99. The van der Waals surface area contributed by atoms with E-state index in [1.54, 1.807) is 6.92 Å². The molecular weight excluding hydrogens is 326 g/mol. The van der Waals surface area contributed by atoms with E-state index in [1.165, 1.54) is 6.07 Å². The Hall–Kier alpha value is -1.07. The zero-order valence-electron chi connectivity index (χ0n) is 9.63. The quantitative estimate of drug-likeness (QED) is 0.466. The van der Waals surface area contributed by atoms with Crippen molar-refractivity contribution in [1.29, 1.82) is 0 Å². The largest absolute Gasteiger partial charge is 0.487 e. The predicted octanol–water partition coefficient (Wildman–Crippen LogP) is 3.74. The average Bonchev–Trinajstić information content (AvgIpc) is 2.32. The van der Waals surface area contributed by atoms with Crippen molar-refractivity contribution in [1.82, 2.24) is 0 Å². The maximum Gasteiger partial charge on any atom is 0.336 e. The molecule has 0 amide bonds. The molecule has 0 heterocycles. The van der Waals surface area contributed by atoms with E-state index in [0.29, 0.717) is 0 Å². The fourth-order valence-corrected chi connectivity index (χ4v) is 1.77. The summed E-state index contributed by atoms with van der Waals surface area (Å²) in [6.45, 7) is 5.34. The van der Waals surface area contributed by atoms with E-state index in [1.807, 2.05) is 0 Å². The zero-order chi connectivity index (χ0) is 13.7. The molecule has 0 aliphatic carbocycles. The average molecular weight is 338 g/mol. The van der Waals surface area contributed by atoms with Crippen molar-refractivity contribution in [3.63, 3.8) is 0 Å². The Bertz CT molecular complexity index is 477. The van der Waals surface area contributed by atoms with Gasteiger partial charge in [0.1, 0.15) is 18.2 Å². The summed E-state index contributed by atoms with van der Waals surface area (Å²) in [6.07, 6.45) is 0. The molecule has 0 fully saturated rings. The van der Waals surface area contributed by atoms with Crippen molar-refractivity contribution in [3.05, 3.63) is 39.6 Å². The van der Waals surface area contributed by atoms with Crippen molar-refractivity contribution >= 4 is 33.5 Å². The van der Waals surface area contributed by atoms with Crippen molar-refractivity contribution in [2.75, 3.05) is 13.2 Å². The number of carbonyl (C=O) groups is 1. The Morgan fingerprint density at radius 3 is 2.83 bits per heavy atom. The summed E-state index contributed by atoms with van der Waals surface area (Å²) in [5.41, 5.74) is 0.135. The summed E-state index contributed by atoms with van der Waals surface area (Å²) in [6, 6.07) is 2.50. The molecule has 0 unspecified atom stereocenters. The lowest BCUT2D eigenvalue weighted by atomic mass is 10.3. The minimum atomic E-state index is -0.550. The first-order valence-electron chi connectivity index (χ1n) is 5.08. The van der Waals surface area contributed by atoms with Crippen LogP contribution in [0.3, 0.4) is 0 Å². The highest BCUT2D eigenvalue weighted by molar-refractivity contribution is 9.10. The number of carbonyl (C=O) groups excluding carboxylic acids is 1. The van der Waals surface area contributed by atoms with Crippen LogP contribution in [0.2, 0.25) is 5.02 Å². The molecule has 1 aromatic rings. The third-order valence-electron chi connectivity index (χ3n) is 1.94. The predicted molar refractivity (Wildman–Crippen MR) is 70.4 cm³/mol. The standard InChI is InChI=1S/C12H11BrClFO3/c1-3-17-12(16)7(2)6-18-11-5-10(15)8(13)4-9(11)14/h4-5H,2-3,6H2,1H3. The van der Waals surface area contributed by atoms with Crippen LogP contribution in [0, 0.1) is 5.82 Å². The summed E-state index contributed by atoms with van der Waals surface area (Å²) < 4.78 is 23.4. The Kier molecular flexibility index (Phi) is 5.62. The smallest absolute Gasteiger partial charge is 0.336 e. The van der Waals surface area contributed by atoms with Gasteiger partial charge in [-0.3, -0.25) is 0 Å². The number of benzene rings is 1. The summed E-state index contributed by atoms with van der Waals surface area (Å²) in [5, 5.41) is 0.236. The molecule has 0 aliphatic rings. The van der Waals surface area contributed by atoms with Crippen LogP contribution >= 0.6 is 27.5 Å². The molecule has 98 valence electrons. The number of hydrogen-bond donors (Lipinski definition) is 0. The minimum absolute atomic E-state index is 0.111. The first kappa shape index (κ1) is 15.0. The maximum absolute atomic E-state index is 13.3. The summed E-state index contributed by atoms with van der Waals surface area (Å²) in [5.74, 6) is -0.912. The van der Waals surface area contributed by atoms with Crippen LogP contribution in [-0.4, -0.2) is 19.2 Å². The van der Waals surface area contributed by atoms with Gasteiger partial charge in [0.25, 0.3) is 0 Å². The lowest BCUT2D eigenvalue weighted by Crippen LogP contribution is -2.13. The molecule has 0 spiro atoms.